The number of rotatable bonds is 4. The van der Waals surface area contributed by atoms with Crippen molar-refractivity contribution in [1.82, 2.24) is 0 Å². The van der Waals surface area contributed by atoms with Gasteiger partial charge in [0.2, 0.25) is 0 Å². The lowest BCUT2D eigenvalue weighted by Crippen LogP contribution is -2.17. The first-order valence-electron chi connectivity index (χ1n) is 6.51. The quantitative estimate of drug-likeness (QED) is 0.793. The predicted octanol–water partition coefficient (Wildman–Crippen LogP) is 3.89. The van der Waals surface area contributed by atoms with E-state index in [0.717, 1.165) is 11.0 Å². The van der Waals surface area contributed by atoms with Crippen molar-refractivity contribution in [3.63, 3.8) is 0 Å². The Kier molecular flexibility index (Phi) is 4.10. The molecule has 1 aromatic heterocycles. The van der Waals surface area contributed by atoms with Crippen molar-refractivity contribution in [2.24, 2.45) is 5.73 Å². The Bertz CT molecular complexity index is 749. The van der Waals surface area contributed by atoms with Gasteiger partial charge in [-0.05, 0) is 36.4 Å². The number of hydrogen-bond acceptors (Lipinski definition) is 3. The molecule has 0 amide bonds. The molecule has 5 heteroatoms. The van der Waals surface area contributed by atoms with Crippen LogP contribution in [-0.2, 0) is 10.8 Å². The molecular formula is C16H14ClNO2S. The van der Waals surface area contributed by atoms with Crippen LogP contribution in [0.15, 0.2) is 63.9 Å². The maximum absolute atomic E-state index is 12.3. The van der Waals surface area contributed by atoms with Gasteiger partial charge in [-0.25, -0.2) is 0 Å². The van der Waals surface area contributed by atoms with Gasteiger partial charge in [-0.1, -0.05) is 29.8 Å². The average Bonchev–Trinajstić information content (AvgIpc) is 2.92. The van der Waals surface area contributed by atoms with Crippen LogP contribution >= 0.6 is 11.6 Å². The van der Waals surface area contributed by atoms with E-state index in [1.165, 1.54) is 0 Å². The molecule has 2 aromatic carbocycles. The van der Waals surface area contributed by atoms with Crippen molar-refractivity contribution in [2.75, 3.05) is 5.75 Å². The highest BCUT2D eigenvalue weighted by Gasteiger charge is 2.16. The summed E-state index contributed by atoms with van der Waals surface area (Å²) in [4.78, 5) is 0.714. The van der Waals surface area contributed by atoms with Gasteiger partial charge in [0.05, 0.1) is 22.6 Å². The number of fused-ring (bicyclic) bond motifs is 1. The molecule has 3 aromatic rings. The number of furan rings is 1. The summed E-state index contributed by atoms with van der Waals surface area (Å²) in [7, 11) is -1.19. The lowest BCUT2D eigenvalue weighted by atomic mass is 10.2. The highest BCUT2D eigenvalue weighted by Crippen LogP contribution is 2.24. The maximum atomic E-state index is 12.3. The molecule has 3 rings (SSSR count). The van der Waals surface area contributed by atoms with Crippen LogP contribution in [0.2, 0.25) is 5.02 Å². The monoisotopic (exact) mass is 319 g/mol. The second-order valence-electron chi connectivity index (χ2n) is 4.76. The average molecular weight is 320 g/mol. The van der Waals surface area contributed by atoms with E-state index >= 15 is 0 Å². The molecule has 0 saturated heterocycles. The largest absolute Gasteiger partial charge is 0.459 e. The fraction of sp³-hybridized carbons (Fsp3) is 0.125. The van der Waals surface area contributed by atoms with Gasteiger partial charge in [-0.3, -0.25) is 4.21 Å². The number of benzene rings is 2. The molecule has 0 fully saturated rings. The van der Waals surface area contributed by atoms with Crippen LogP contribution in [0, 0.1) is 0 Å². The molecule has 2 atom stereocenters. The van der Waals surface area contributed by atoms with E-state index in [0.29, 0.717) is 21.4 Å². The molecule has 2 unspecified atom stereocenters. The molecule has 0 radical (unpaired) electrons. The van der Waals surface area contributed by atoms with Crippen LogP contribution in [0.5, 0.6) is 0 Å². The summed E-state index contributed by atoms with van der Waals surface area (Å²) in [5, 5.41) is 1.62. The molecule has 0 aliphatic heterocycles. The Hall–Kier alpha value is -1.62. The van der Waals surface area contributed by atoms with Crippen molar-refractivity contribution in [3.05, 3.63) is 65.4 Å². The minimum atomic E-state index is -1.19. The smallest absolute Gasteiger partial charge is 0.134 e. The summed E-state index contributed by atoms with van der Waals surface area (Å²) in [5.41, 5.74) is 6.91. The molecule has 1 heterocycles. The first-order chi connectivity index (χ1) is 10.1. The van der Waals surface area contributed by atoms with Crippen molar-refractivity contribution in [1.29, 1.82) is 0 Å². The number of nitrogens with two attached hydrogens (primary N) is 1. The molecule has 3 nitrogen and oxygen atoms in total. The molecule has 108 valence electrons. The summed E-state index contributed by atoms with van der Waals surface area (Å²) >= 11 is 5.82. The van der Waals surface area contributed by atoms with Crippen LogP contribution in [0.25, 0.3) is 11.0 Å². The first kappa shape index (κ1) is 14.3. The van der Waals surface area contributed by atoms with E-state index in [1.807, 2.05) is 30.3 Å². The van der Waals surface area contributed by atoms with E-state index in [4.69, 9.17) is 21.8 Å². The highest BCUT2D eigenvalue weighted by molar-refractivity contribution is 7.85. The van der Waals surface area contributed by atoms with E-state index < -0.39 is 16.8 Å². The molecule has 0 spiro atoms. The van der Waals surface area contributed by atoms with Gasteiger partial charge in [-0.2, -0.15) is 0 Å². The summed E-state index contributed by atoms with van der Waals surface area (Å²) < 4.78 is 18.0. The summed E-state index contributed by atoms with van der Waals surface area (Å²) in [6.07, 6.45) is 0. The fourth-order valence-corrected chi connectivity index (χ4v) is 3.36. The molecule has 0 aliphatic carbocycles. The lowest BCUT2D eigenvalue weighted by molar-refractivity contribution is 0.513. The molecule has 0 saturated carbocycles. The van der Waals surface area contributed by atoms with Gasteiger partial charge in [0, 0.05) is 15.3 Å². The van der Waals surface area contributed by atoms with E-state index in [9.17, 15) is 4.21 Å². The van der Waals surface area contributed by atoms with Crippen LogP contribution in [0.4, 0.5) is 0 Å². The van der Waals surface area contributed by atoms with Gasteiger partial charge in [-0.15, -0.1) is 0 Å². The van der Waals surface area contributed by atoms with Crippen molar-refractivity contribution in [3.8, 4) is 0 Å². The summed E-state index contributed by atoms with van der Waals surface area (Å²) in [6, 6.07) is 16.2. The first-order valence-corrected chi connectivity index (χ1v) is 8.21. The third-order valence-electron chi connectivity index (χ3n) is 3.22. The summed E-state index contributed by atoms with van der Waals surface area (Å²) in [5.74, 6) is 0.958. The predicted molar refractivity (Wildman–Crippen MR) is 85.9 cm³/mol. The zero-order valence-electron chi connectivity index (χ0n) is 11.2. The van der Waals surface area contributed by atoms with Crippen molar-refractivity contribution < 1.29 is 8.63 Å². The fourth-order valence-electron chi connectivity index (χ4n) is 2.11. The van der Waals surface area contributed by atoms with Crippen LogP contribution in [0.1, 0.15) is 11.8 Å². The molecule has 0 bridgehead atoms. The Balaban J connectivity index is 1.77. The van der Waals surface area contributed by atoms with Crippen molar-refractivity contribution in [2.45, 2.75) is 10.9 Å². The third-order valence-corrected chi connectivity index (χ3v) is 4.93. The van der Waals surface area contributed by atoms with E-state index in [1.54, 1.807) is 24.3 Å². The van der Waals surface area contributed by atoms with Gasteiger partial charge < -0.3 is 10.2 Å². The third kappa shape index (κ3) is 3.18. The lowest BCUT2D eigenvalue weighted by Gasteiger charge is -2.08. The Morgan fingerprint density at radius 3 is 2.57 bits per heavy atom. The van der Waals surface area contributed by atoms with Crippen LogP contribution in [-0.4, -0.2) is 9.96 Å². The summed E-state index contributed by atoms with van der Waals surface area (Å²) in [6.45, 7) is 0. The SMILES string of the molecule is NC(CS(=O)c1ccc(Cl)cc1)c1cc2ccccc2o1. The van der Waals surface area contributed by atoms with E-state index in [2.05, 4.69) is 0 Å². The minimum Gasteiger partial charge on any atom is -0.459 e. The minimum absolute atomic E-state index is 0.307. The Morgan fingerprint density at radius 1 is 1.14 bits per heavy atom. The van der Waals surface area contributed by atoms with Gasteiger partial charge in [0.1, 0.15) is 11.3 Å². The van der Waals surface area contributed by atoms with E-state index in [-0.39, 0.29) is 0 Å². The number of para-hydroxylation sites is 1. The topological polar surface area (TPSA) is 56.2 Å². The van der Waals surface area contributed by atoms with Gasteiger partial charge in [0.15, 0.2) is 0 Å². The molecule has 21 heavy (non-hydrogen) atoms. The second-order valence-corrected chi connectivity index (χ2v) is 6.69. The number of hydrogen-bond donors (Lipinski definition) is 1. The van der Waals surface area contributed by atoms with Crippen molar-refractivity contribution >= 4 is 33.4 Å². The highest BCUT2D eigenvalue weighted by atomic mass is 35.5. The Morgan fingerprint density at radius 2 is 1.86 bits per heavy atom. The normalized spacial score (nSPS) is 14.2. The van der Waals surface area contributed by atoms with Gasteiger partial charge in [0.25, 0.3) is 0 Å². The van der Waals surface area contributed by atoms with Crippen LogP contribution in [0.3, 0.4) is 0 Å². The van der Waals surface area contributed by atoms with Crippen LogP contribution < -0.4 is 5.73 Å². The maximum Gasteiger partial charge on any atom is 0.134 e. The zero-order valence-corrected chi connectivity index (χ0v) is 12.7. The standard InChI is InChI=1S/C16H14ClNO2S/c17-12-5-7-13(8-6-12)21(19)10-14(18)16-9-11-3-1-2-4-15(11)20-16/h1-9,14H,10,18H2. The molecule has 0 aliphatic rings. The van der Waals surface area contributed by atoms with Gasteiger partial charge >= 0.3 is 0 Å². The zero-order chi connectivity index (χ0) is 14.8. The molecule has 2 N–H and O–H groups in total. The number of halogens is 1. The second kappa shape index (κ2) is 6.02. The molecular weight excluding hydrogens is 306 g/mol. The Labute approximate surface area is 130 Å².